The van der Waals surface area contributed by atoms with Crippen molar-refractivity contribution in [1.29, 1.82) is 0 Å². The highest BCUT2D eigenvalue weighted by Crippen LogP contribution is 2.27. The van der Waals surface area contributed by atoms with Gasteiger partial charge in [-0.15, -0.1) is 0 Å². The van der Waals surface area contributed by atoms with Crippen LogP contribution in [0.25, 0.3) is 0 Å². The van der Waals surface area contributed by atoms with E-state index in [1.165, 1.54) is 0 Å². The molecule has 1 saturated heterocycles. The molecule has 1 aromatic carbocycles. The fraction of sp³-hybridized carbons (Fsp3) is 0.300. The van der Waals surface area contributed by atoms with Gasteiger partial charge in [-0.05, 0) is 0 Å². The van der Waals surface area contributed by atoms with Crippen molar-refractivity contribution in [3.8, 4) is 0 Å². The lowest BCUT2D eigenvalue weighted by molar-refractivity contribution is -0.0104. The maximum Gasteiger partial charge on any atom is 0.221 e. The van der Waals surface area contributed by atoms with E-state index >= 15 is 0 Å². The Morgan fingerprint density at radius 3 is 3.07 bits per heavy atom. The average Bonchev–Trinajstić information content (AvgIpc) is 2.79. The third-order valence-corrected chi connectivity index (χ3v) is 2.50. The molecule has 0 radical (unpaired) electrons. The monoisotopic (exact) mass is 189 g/mol. The Bertz CT molecular complexity index is 363. The summed E-state index contributed by atoms with van der Waals surface area (Å²) in [4.78, 5) is 11.9. The van der Waals surface area contributed by atoms with E-state index in [1.54, 1.807) is 0 Å². The van der Waals surface area contributed by atoms with Gasteiger partial charge < -0.3 is 4.90 Å². The van der Waals surface area contributed by atoms with Crippen LogP contribution in [-0.2, 0) is 4.84 Å². The fourth-order valence-corrected chi connectivity index (χ4v) is 1.82. The second kappa shape index (κ2) is 2.99. The maximum atomic E-state index is 5.45. The molecule has 0 saturated carbocycles. The summed E-state index contributed by atoms with van der Waals surface area (Å²) in [5.41, 5.74) is 4.00. The standard InChI is InChI=1S/C10H11N3O/c1-2-4-8(5-3-1)9-13-7-6-11-10(13)12-14-9/h1-5,9H,6-7H2,(H,11,12). The van der Waals surface area contributed by atoms with E-state index in [4.69, 9.17) is 4.84 Å². The Kier molecular flexibility index (Phi) is 1.67. The summed E-state index contributed by atoms with van der Waals surface area (Å²) in [6.45, 7) is 1.79. The quantitative estimate of drug-likeness (QED) is 0.713. The minimum atomic E-state index is -0.0163. The van der Waals surface area contributed by atoms with Gasteiger partial charge in [0.2, 0.25) is 5.96 Å². The second-order valence-electron chi connectivity index (χ2n) is 3.38. The third-order valence-electron chi connectivity index (χ3n) is 2.50. The molecule has 3 rings (SSSR count). The summed E-state index contributed by atoms with van der Waals surface area (Å²) < 4.78 is 0. The van der Waals surface area contributed by atoms with Crippen LogP contribution < -0.4 is 5.48 Å². The van der Waals surface area contributed by atoms with Crippen LogP contribution in [0.4, 0.5) is 0 Å². The van der Waals surface area contributed by atoms with Crippen LogP contribution >= 0.6 is 0 Å². The first-order chi connectivity index (χ1) is 6.95. The van der Waals surface area contributed by atoms with Crippen molar-refractivity contribution in [3.63, 3.8) is 0 Å². The number of aliphatic imine (C=N–C) groups is 1. The van der Waals surface area contributed by atoms with E-state index in [0.717, 1.165) is 24.6 Å². The number of rotatable bonds is 1. The molecule has 72 valence electrons. The van der Waals surface area contributed by atoms with Crippen LogP contribution in [0.2, 0.25) is 0 Å². The van der Waals surface area contributed by atoms with Crippen LogP contribution in [0.3, 0.4) is 0 Å². The first-order valence-electron chi connectivity index (χ1n) is 4.73. The molecule has 2 heterocycles. The molecule has 1 unspecified atom stereocenters. The summed E-state index contributed by atoms with van der Waals surface area (Å²) >= 11 is 0. The minimum Gasteiger partial charge on any atom is -0.308 e. The van der Waals surface area contributed by atoms with Crippen molar-refractivity contribution >= 4 is 5.96 Å². The lowest BCUT2D eigenvalue weighted by Gasteiger charge is -2.18. The molecule has 1 fully saturated rings. The summed E-state index contributed by atoms with van der Waals surface area (Å²) in [5.74, 6) is 0.860. The third kappa shape index (κ3) is 1.08. The minimum absolute atomic E-state index is 0.0163. The maximum absolute atomic E-state index is 5.45. The van der Waals surface area contributed by atoms with Crippen LogP contribution in [0, 0.1) is 0 Å². The lowest BCUT2D eigenvalue weighted by Crippen LogP contribution is -2.27. The SMILES string of the molecule is c1ccc(C2ONC3=NCCN32)cc1. The van der Waals surface area contributed by atoms with Gasteiger partial charge in [0.15, 0.2) is 6.23 Å². The number of guanidine groups is 1. The van der Waals surface area contributed by atoms with Crippen molar-refractivity contribution < 1.29 is 4.84 Å². The zero-order chi connectivity index (χ0) is 9.38. The van der Waals surface area contributed by atoms with Gasteiger partial charge in [0.1, 0.15) is 0 Å². The normalized spacial score (nSPS) is 24.4. The van der Waals surface area contributed by atoms with Gasteiger partial charge in [0, 0.05) is 12.1 Å². The first kappa shape index (κ1) is 7.82. The van der Waals surface area contributed by atoms with E-state index in [2.05, 4.69) is 27.5 Å². The highest BCUT2D eigenvalue weighted by atomic mass is 16.7. The number of nitrogens with zero attached hydrogens (tertiary/aromatic N) is 2. The van der Waals surface area contributed by atoms with Crippen molar-refractivity contribution in [2.45, 2.75) is 6.23 Å². The number of fused-ring (bicyclic) bond motifs is 1. The molecule has 2 aliphatic heterocycles. The number of hydrogen-bond acceptors (Lipinski definition) is 4. The fourth-order valence-electron chi connectivity index (χ4n) is 1.82. The van der Waals surface area contributed by atoms with E-state index in [1.807, 2.05) is 18.2 Å². The zero-order valence-corrected chi connectivity index (χ0v) is 7.68. The number of benzene rings is 1. The van der Waals surface area contributed by atoms with Gasteiger partial charge in [0.25, 0.3) is 0 Å². The lowest BCUT2D eigenvalue weighted by atomic mass is 10.2. The van der Waals surface area contributed by atoms with E-state index in [-0.39, 0.29) is 6.23 Å². The summed E-state index contributed by atoms with van der Waals surface area (Å²) in [7, 11) is 0. The topological polar surface area (TPSA) is 36.9 Å². The average molecular weight is 189 g/mol. The Morgan fingerprint density at radius 1 is 1.36 bits per heavy atom. The van der Waals surface area contributed by atoms with Gasteiger partial charge in [-0.2, -0.15) is 0 Å². The van der Waals surface area contributed by atoms with Gasteiger partial charge in [-0.25, -0.2) is 15.3 Å². The summed E-state index contributed by atoms with van der Waals surface area (Å²) in [5, 5.41) is 0. The molecule has 0 amide bonds. The van der Waals surface area contributed by atoms with E-state index < -0.39 is 0 Å². The van der Waals surface area contributed by atoms with Gasteiger partial charge in [-0.1, -0.05) is 30.3 Å². The van der Waals surface area contributed by atoms with E-state index in [9.17, 15) is 0 Å². The predicted octanol–water partition coefficient (Wildman–Crippen LogP) is 0.892. The molecule has 1 aromatic rings. The van der Waals surface area contributed by atoms with Crippen LogP contribution in [0.5, 0.6) is 0 Å². The second-order valence-corrected chi connectivity index (χ2v) is 3.38. The van der Waals surface area contributed by atoms with Gasteiger partial charge in [-0.3, -0.25) is 0 Å². The molecule has 1 N–H and O–H groups in total. The first-order valence-corrected chi connectivity index (χ1v) is 4.73. The molecular formula is C10H11N3O. The Labute approximate surface area is 82.2 Å². The largest absolute Gasteiger partial charge is 0.308 e. The molecular weight excluding hydrogens is 178 g/mol. The van der Waals surface area contributed by atoms with Crippen LogP contribution in [0.1, 0.15) is 11.8 Å². The van der Waals surface area contributed by atoms with Gasteiger partial charge >= 0.3 is 0 Å². The van der Waals surface area contributed by atoms with Crippen molar-refractivity contribution in [3.05, 3.63) is 35.9 Å². The number of nitrogens with one attached hydrogen (secondary N) is 1. The highest BCUT2D eigenvalue weighted by molar-refractivity contribution is 5.82. The Balaban J connectivity index is 1.91. The number of hydroxylamine groups is 1. The zero-order valence-electron chi connectivity index (χ0n) is 7.68. The number of hydrogen-bond donors (Lipinski definition) is 1. The molecule has 4 nitrogen and oxygen atoms in total. The Hall–Kier alpha value is -1.55. The van der Waals surface area contributed by atoms with Crippen molar-refractivity contribution in [2.24, 2.45) is 4.99 Å². The van der Waals surface area contributed by atoms with Crippen LogP contribution in [-0.4, -0.2) is 23.9 Å². The summed E-state index contributed by atoms with van der Waals surface area (Å²) in [6.07, 6.45) is -0.0163. The van der Waals surface area contributed by atoms with Crippen LogP contribution in [0.15, 0.2) is 35.3 Å². The molecule has 2 aliphatic rings. The van der Waals surface area contributed by atoms with E-state index in [0.29, 0.717) is 0 Å². The molecule has 0 aliphatic carbocycles. The smallest absolute Gasteiger partial charge is 0.221 e. The molecule has 0 bridgehead atoms. The highest BCUT2D eigenvalue weighted by Gasteiger charge is 2.33. The predicted molar refractivity (Wildman–Crippen MR) is 52.4 cm³/mol. The van der Waals surface area contributed by atoms with Gasteiger partial charge in [0.05, 0.1) is 6.54 Å². The summed E-state index contributed by atoms with van der Waals surface area (Å²) in [6, 6.07) is 10.2. The molecule has 0 spiro atoms. The molecule has 4 heteroatoms. The Morgan fingerprint density at radius 2 is 2.21 bits per heavy atom. The molecule has 1 atom stereocenters. The van der Waals surface area contributed by atoms with Crippen molar-refractivity contribution in [2.75, 3.05) is 13.1 Å². The molecule has 0 aromatic heterocycles. The van der Waals surface area contributed by atoms with Crippen molar-refractivity contribution in [1.82, 2.24) is 10.4 Å². The molecule has 14 heavy (non-hydrogen) atoms.